The zero-order valence-corrected chi connectivity index (χ0v) is 19.0. The average Bonchev–Trinajstić information content (AvgIpc) is 3.21. The molecule has 3 aromatic rings. The molecule has 1 aliphatic rings. The molecule has 2 atom stereocenters. The number of benzene rings is 3. The van der Waals surface area contributed by atoms with Gasteiger partial charge in [0.1, 0.15) is 12.0 Å². The lowest BCUT2D eigenvalue weighted by molar-refractivity contribution is -0.892. The molecule has 1 amide bonds. The number of likely N-dealkylation sites (N-methyl/N-ethyl adjacent to an activating group) is 1. The number of hydrogen-bond donors (Lipinski definition) is 1. The van der Waals surface area contributed by atoms with Gasteiger partial charge in [0.2, 0.25) is 5.91 Å². The molecule has 0 saturated carbocycles. The standard InChI is InChI=1S/C28H30N2O3/c1-30(20-26(31)33-21-22-11-5-2-6-12-22)18-17-25(19-30)28(27(29)32,23-13-7-3-8-14-23)24-15-9-4-10-16-24/h2-16,25H,17-21H2,1H3,(H-,29,32)/p+1/t25-,30?/m1/s1. The van der Waals surface area contributed by atoms with Crippen molar-refractivity contribution in [2.45, 2.75) is 18.4 Å². The molecule has 0 spiro atoms. The predicted octanol–water partition coefficient (Wildman–Crippen LogP) is 3.67. The number of rotatable bonds is 8. The van der Waals surface area contributed by atoms with Crippen LogP contribution in [0, 0.1) is 5.92 Å². The number of amides is 1. The predicted molar refractivity (Wildman–Crippen MR) is 128 cm³/mol. The number of likely N-dealkylation sites (tertiary alicyclic amines) is 1. The summed E-state index contributed by atoms with van der Waals surface area (Å²) in [5.41, 5.74) is 7.99. The Hall–Kier alpha value is -3.44. The number of carbonyl (C=O) groups excluding carboxylic acids is 2. The van der Waals surface area contributed by atoms with Gasteiger partial charge in [-0.2, -0.15) is 0 Å². The molecule has 33 heavy (non-hydrogen) atoms. The van der Waals surface area contributed by atoms with Crippen molar-refractivity contribution in [3.05, 3.63) is 108 Å². The molecule has 0 radical (unpaired) electrons. The van der Waals surface area contributed by atoms with Gasteiger partial charge in [0, 0.05) is 12.3 Å². The van der Waals surface area contributed by atoms with Gasteiger partial charge in [0.15, 0.2) is 6.54 Å². The fraction of sp³-hybridized carbons (Fsp3) is 0.286. The van der Waals surface area contributed by atoms with E-state index in [9.17, 15) is 9.59 Å². The summed E-state index contributed by atoms with van der Waals surface area (Å²) in [4.78, 5) is 25.9. The topological polar surface area (TPSA) is 69.4 Å². The summed E-state index contributed by atoms with van der Waals surface area (Å²) in [7, 11) is 2.06. The molecular formula is C28H31N2O3+. The molecule has 3 aromatic carbocycles. The number of ether oxygens (including phenoxy) is 1. The Labute approximate surface area is 195 Å². The van der Waals surface area contributed by atoms with Gasteiger partial charge in [-0.25, -0.2) is 4.79 Å². The third-order valence-corrected chi connectivity index (χ3v) is 6.89. The molecule has 1 fully saturated rings. The Balaban J connectivity index is 1.57. The fourth-order valence-corrected chi connectivity index (χ4v) is 5.30. The van der Waals surface area contributed by atoms with E-state index in [1.807, 2.05) is 91.0 Å². The minimum absolute atomic E-state index is 0.0354. The normalized spacial score (nSPS) is 20.3. The third-order valence-electron chi connectivity index (χ3n) is 6.89. The molecule has 1 heterocycles. The first-order chi connectivity index (χ1) is 15.9. The van der Waals surface area contributed by atoms with Crippen molar-refractivity contribution < 1.29 is 18.8 Å². The van der Waals surface area contributed by atoms with Crippen LogP contribution in [0.15, 0.2) is 91.0 Å². The first kappa shape index (κ1) is 22.7. The second-order valence-corrected chi connectivity index (χ2v) is 9.22. The second-order valence-electron chi connectivity index (χ2n) is 9.22. The number of primary amides is 1. The van der Waals surface area contributed by atoms with E-state index in [-0.39, 0.29) is 30.9 Å². The maximum absolute atomic E-state index is 13.2. The van der Waals surface area contributed by atoms with Crippen LogP contribution >= 0.6 is 0 Å². The number of quaternary nitrogens is 1. The molecule has 1 unspecified atom stereocenters. The lowest BCUT2D eigenvalue weighted by atomic mass is 9.64. The highest BCUT2D eigenvalue weighted by atomic mass is 16.5. The van der Waals surface area contributed by atoms with Crippen molar-refractivity contribution in [3.8, 4) is 0 Å². The van der Waals surface area contributed by atoms with Crippen molar-refractivity contribution in [3.63, 3.8) is 0 Å². The molecule has 5 heteroatoms. The van der Waals surface area contributed by atoms with Gasteiger partial charge in [-0.1, -0.05) is 91.0 Å². The first-order valence-electron chi connectivity index (χ1n) is 11.4. The molecule has 0 aliphatic carbocycles. The van der Waals surface area contributed by atoms with Gasteiger partial charge in [-0.15, -0.1) is 0 Å². The van der Waals surface area contributed by atoms with Crippen LogP contribution in [0.25, 0.3) is 0 Å². The smallest absolute Gasteiger partial charge is 0.362 e. The van der Waals surface area contributed by atoms with Crippen LogP contribution in [0.4, 0.5) is 0 Å². The highest BCUT2D eigenvalue weighted by molar-refractivity contribution is 5.91. The van der Waals surface area contributed by atoms with E-state index < -0.39 is 5.41 Å². The Kier molecular flexibility index (Phi) is 6.61. The molecule has 5 nitrogen and oxygen atoms in total. The highest BCUT2D eigenvalue weighted by Crippen LogP contribution is 2.44. The van der Waals surface area contributed by atoms with Crippen LogP contribution in [-0.4, -0.2) is 43.0 Å². The monoisotopic (exact) mass is 443 g/mol. The maximum Gasteiger partial charge on any atom is 0.362 e. The number of hydrogen-bond acceptors (Lipinski definition) is 3. The zero-order chi connectivity index (χ0) is 23.3. The molecule has 170 valence electrons. The Morgan fingerprint density at radius 3 is 1.94 bits per heavy atom. The van der Waals surface area contributed by atoms with E-state index in [0.29, 0.717) is 11.0 Å². The van der Waals surface area contributed by atoms with E-state index in [1.54, 1.807) is 0 Å². The van der Waals surface area contributed by atoms with Crippen LogP contribution in [-0.2, 0) is 26.3 Å². The molecule has 2 N–H and O–H groups in total. The van der Waals surface area contributed by atoms with Crippen molar-refractivity contribution >= 4 is 11.9 Å². The van der Waals surface area contributed by atoms with Crippen molar-refractivity contribution in [1.29, 1.82) is 0 Å². The van der Waals surface area contributed by atoms with Crippen LogP contribution in [0.2, 0.25) is 0 Å². The van der Waals surface area contributed by atoms with E-state index in [0.717, 1.165) is 29.7 Å². The van der Waals surface area contributed by atoms with Crippen LogP contribution in [0.3, 0.4) is 0 Å². The lowest BCUT2D eigenvalue weighted by Gasteiger charge is -2.38. The summed E-state index contributed by atoms with van der Waals surface area (Å²) < 4.78 is 6.07. The number of esters is 1. The van der Waals surface area contributed by atoms with Gasteiger partial charge in [0.05, 0.1) is 20.1 Å². The highest BCUT2D eigenvalue weighted by Gasteiger charge is 2.53. The molecule has 0 bridgehead atoms. The SMILES string of the molecule is C[N+]1(CC(=O)OCc2ccccc2)CC[C@@H](C(C(N)=O)(c2ccccc2)c2ccccc2)C1. The Bertz CT molecular complexity index is 1050. The lowest BCUT2D eigenvalue weighted by Crippen LogP contribution is -2.52. The van der Waals surface area contributed by atoms with Crippen LogP contribution in [0.5, 0.6) is 0 Å². The molecule has 1 aliphatic heterocycles. The van der Waals surface area contributed by atoms with Gasteiger partial charge in [0.25, 0.3) is 0 Å². The molecule has 1 saturated heterocycles. The number of carbonyl (C=O) groups is 2. The minimum Gasteiger partial charge on any atom is -0.457 e. The molecule has 0 aromatic heterocycles. The largest absolute Gasteiger partial charge is 0.457 e. The summed E-state index contributed by atoms with van der Waals surface area (Å²) in [6.45, 7) is 1.97. The summed E-state index contributed by atoms with van der Waals surface area (Å²) in [5.74, 6) is -0.622. The molecular weight excluding hydrogens is 412 g/mol. The first-order valence-corrected chi connectivity index (χ1v) is 11.4. The maximum atomic E-state index is 13.2. The van der Waals surface area contributed by atoms with E-state index in [1.165, 1.54) is 0 Å². The van der Waals surface area contributed by atoms with Gasteiger partial charge < -0.3 is 15.0 Å². The fourth-order valence-electron chi connectivity index (χ4n) is 5.30. The summed E-state index contributed by atoms with van der Waals surface area (Å²) in [6.07, 6.45) is 0.787. The molecule has 4 rings (SSSR count). The van der Waals surface area contributed by atoms with Crippen LogP contribution < -0.4 is 5.73 Å². The van der Waals surface area contributed by atoms with Crippen LogP contribution in [0.1, 0.15) is 23.1 Å². The summed E-state index contributed by atoms with van der Waals surface area (Å²) >= 11 is 0. The van der Waals surface area contributed by atoms with E-state index >= 15 is 0 Å². The van der Waals surface area contributed by atoms with E-state index in [2.05, 4.69) is 7.05 Å². The summed E-state index contributed by atoms with van der Waals surface area (Å²) in [6, 6.07) is 29.3. The van der Waals surface area contributed by atoms with E-state index in [4.69, 9.17) is 10.5 Å². The number of nitrogens with two attached hydrogens (primary N) is 1. The minimum atomic E-state index is -0.952. The Morgan fingerprint density at radius 1 is 0.909 bits per heavy atom. The quantitative estimate of drug-likeness (QED) is 0.427. The average molecular weight is 444 g/mol. The van der Waals surface area contributed by atoms with Crippen molar-refractivity contribution in [1.82, 2.24) is 0 Å². The summed E-state index contributed by atoms with van der Waals surface area (Å²) in [5, 5.41) is 0. The number of nitrogens with zero attached hydrogens (tertiary/aromatic N) is 1. The third kappa shape index (κ3) is 4.69. The van der Waals surface area contributed by atoms with Crippen molar-refractivity contribution in [2.24, 2.45) is 11.7 Å². The van der Waals surface area contributed by atoms with Gasteiger partial charge >= 0.3 is 5.97 Å². The van der Waals surface area contributed by atoms with Gasteiger partial charge in [-0.05, 0) is 16.7 Å². The van der Waals surface area contributed by atoms with Gasteiger partial charge in [-0.3, -0.25) is 4.79 Å². The second kappa shape index (κ2) is 9.59. The Morgan fingerprint density at radius 2 is 1.42 bits per heavy atom. The zero-order valence-electron chi connectivity index (χ0n) is 19.0. The van der Waals surface area contributed by atoms with Crippen molar-refractivity contribution in [2.75, 3.05) is 26.7 Å².